The Morgan fingerprint density at radius 3 is 2.12 bits per heavy atom. The first kappa shape index (κ1) is 12.2. The van der Waals surface area contributed by atoms with Gasteiger partial charge in [-0.25, -0.2) is 4.39 Å². The lowest BCUT2D eigenvalue weighted by Gasteiger charge is -2.15. The van der Waals surface area contributed by atoms with Crippen LogP contribution in [-0.2, 0) is 13.1 Å². The van der Waals surface area contributed by atoms with Gasteiger partial charge in [-0.2, -0.15) is 0 Å². The topological polar surface area (TPSA) is 38.7 Å². The van der Waals surface area contributed by atoms with Crippen LogP contribution in [0.3, 0.4) is 0 Å². The van der Waals surface area contributed by atoms with E-state index in [-0.39, 0.29) is 0 Å². The van der Waals surface area contributed by atoms with Gasteiger partial charge in [0.2, 0.25) is 0 Å². The minimum atomic E-state index is -0.635. The van der Waals surface area contributed by atoms with Gasteiger partial charge in [-0.3, -0.25) is 0 Å². The molecule has 1 N–H and O–H groups in total. The molecule has 0 heterocycles. The second kappa shape index (κ2) is 4.53. The number of halogens is 1. The van der Waals surface area contributed by atoms with Crippen LogP contribution < -0.4 is 9.47 Å². The Balaban J connectivity index is 2.35. The van der Waals surface area contributed by atoms with Gasteiger partial charge in [-0.1, -0.05) is 0 Å². The lowest BCUT2D eigenvalue weighted by molar-refractivity contribution is 0.150. The number of methoxy groups -OCH3 is 2. The molecule has 1 aliphatic carbocycles. The summed E-state index contributed by atoms with van der Waals surface area (Å²) in [6, 6.07) is 3.39. The van der Waals surface area contributed by atoms with Crippen LogP contribution in [0.5, 0.6) is 11.5 Å². The maximum Gasteiger partial charge on any atom is 0.161 e. The first-order valence-corrected chi connectivity index (χ1v) is 5.64. The average Bonchev–Trinajstić information content (AvgIpc) is 3.06. The van der Waals surface area contributed by atoms with Crippen molar-refractivity contribution in [2.24, 2.45) is 0 Å². The fraction of sp³-hybridized carbons (Fsp3) is 0.538. The zero-order valence-electron chi connectivity index (χ0n) is 10.1. The Labute approximate surface area is 100 Å². The van der Waals surface area contributed by atoms with Gasteiger partial charge in [0.1, 0.15) is 6.67 Å². The molecule has 0 saturated heterocycles. The second-order valence-corrected chi connectivity index (χ2v) is 4.51. The van der Waals surface area contributed by atoms with E-state index in [9.17, 15) is 9.50 Å². The van der Waals surface area contributed by atoms with Crippen LogP contribution in [0, 0.1) is 0 Å². The van der Waals surface area contributed by atoms with Gasteiger partial charge in [0.15, 0.2) is 11.5 Å². The molecule has 94 valence electrons. The SMILES string of the molecule is COc1cc(CF)c(CC2(O)CC2)cc1OC. The smallest absolute Gasteiger partial charge is 0.161 e. The zero-order valence-corrected chi connectivity index (χ0v) is 10.1. The molecular weight excluding hydrogens is 223 g/mol. The van der Waals surface area contributed by atoms with Gasteiger partial charge in [-0.15, -0.1) is 0 Å². The third-order valence-corrected chi connectivity index (χ3v) is 3.20. The van der Waals surface area contributed by atoms with Crippen molar-refractivity contribution in [3.05, 3.63) is 23.3 Å². The van der Waals surface area contributed by atoms with Gasteiger partial charge >= 0.3 is 0 Å². The van der Waals surface area contributed by atoms with E-state index in [1.165, 1.54) is 7.11 Å². The van der Waals surface area contributed by atoms with Gasteiger partial charge < -0.3 is 14.6 Å². The normalized spacial score (nSPS) is 16.7. The van der Waals surface area contributed by atoms with Crippen LogP contribution in [-0.4, -0.2) is 24.9 Å². The molecule has 0 unspecified atom stereocenters. The number of benzene rings is 1. The first-order valence-electron chi connectivity index (χ1n) is 5.64. The number of ether oxygens (including phenoxy) is 2. The van der Waals surface area contributed by atoms with E-state index in [0.29, 0.717) is 23.5 Å². The molecule has 0 aromatic heterocycles. The number of rotatable bonds is 5. The molecule has 0 radical (unpaired) electrons. The van der Waals surface area contributed by atoms with Crippen molar-refractivity contribution < 1.29 is 19.0 Å². The van der Waals surface area contributed by atoms with Gasteiger partial charge in [0, 0.05) is 6.42 Å². The Morgan fingerprint density at radius 2 is 1.71 bits per heavy atom. The van der Waals surface area contributed by atoms with Crippen LogP contribution in [0.2, 0.25) is 0 Å². The Kier molecular flexibility index (Phi) is 3.24. The highest BCUT2D eigenvalue weighted by molar-refractivity contribution is 5.48. The largest absolute Gasteiger partial charge is 0.493 e. The molecule has 0 atom stereocenters. The summed E-state index contributed by atoms with van der Waals surface area (Å²) in [6.45, 7) is -0.564. The molecule has 0 aliphatic heterocycles. The van der Waals surface area contributed by atoms with Gasteiger partial charge in [0.25, 0.3) is 0 Å². The summed E-state index contributed by atoms with van der Waals surface area (Å²) in [5.74, 6) is 1.09. The highest BCUT2D eigenvalue weighted by atomic mass is 19.1. The van der Waals surface area contributed by atoms with Crippen molar-refractivity contribution in [3.63, 3.8) is 0 Å². The molecule has 1 aliphatic rings. The van der Waals surface area contributed by atoms with Crippen molar-refractivity contribution in [2.45, 2.75) is 31.5 Å². The van der Waals surface area contributed by atoms with Gasteiger partial charge in [-0.05, 0) is 36.1 Å². The number of hydrogen-bond donors (Lipinski definition) is 1. The van der Waals surface area contributed by atoms with Crippen molar-refractivity contribution in [1.29, 1.82) is 0 Å². The number of aliphatic hydroxyl groups is 1. The predicted octanol–water partition coefficient (Wildman–Crippen LogP) is 2.24. The van der Waals surface area contributed by atoms with E-state index in [1.54, 1.807) is 19.2 Å². The summed E-state index contributed by atoms with van der Waals surface area (Å²) >= 11 is 0. The molecule has 17 heavy (non-hydrogen) atoms. The minimum Gasteiger partial charge on any atom is -0.493 e. The molecular formula is C13H17FO3. The quantitative estimate of drug-likeness (QED) is 0.857. The van der Waals surface area contributed by atoms with E-state index in [1.807, 2.05) is 0 Å². The minimum absolute atomic E-state index is 0.479. The van der Waals surface area contributed by atoms with Crippen molar-refractivity contribution >= 4 is 0 Å². The number of alkyl halides is 1. The third kappa shape index (κ3) is 2.52. The Morgan fingerprint density at radius 1 is 1.18 bits per heavy atom. The lowest BCUT2D eigenvalue weighted by atomic mass is 10.00. The standard InChI is InChI=1S/C13H17FO3/c1-16-11-5-9(7-13(15)3-4-13)10(8-14)6-12(11)17-2/h5-6,15H,3-4,7-8H2,1-2H3. The Bertz CT molecular complexity index is 413. The summed E-state index contributed by atoms with van der Waals surface area (Å²) in [5.41, 5.74) is 0.719. The third-order valence-electron chi connectivity index (χ3n) is 3.20. The van der Waals surface area contributed by atoms with Crippen molar-refractivity contribution in [1.82, 2.24) is 0 Å². The molecule has 0 amide bonds. The van der Waals surface area contributed by atoms with Crippen molar-refractivity contribution in [2.75, 3.05) is 14.2 Å². The van der Waals surface area contributed by atoms with E-state index >= 15 is 0 Å². The highest BCUT2D eigenvalue weighted by Gasteiger charge is 2.40. The molecule has 4 heteroatoms. The maximum atomic E-state index is 13.0. The van der Waals surface area contributed by atoms with Crippen LogP contribution in [0.1, 0.15) is 24.0 Å². The van der Waals surface area contributed by atoms with Crippen LogP contribution >= 0.6 is 0 Å². The molecule has 3 nitrogen and oxygen atoms in total. The second-order valence-electron chi connectivity index (χ2n) is 4.51. The summed E-state index contributed by atoms with van der Waals surface area (Å²) in [6.07, 6.45) is 2.05. The van der Waals surface area contributed by atoms with Crippen LogP contribution in [0.4, 0.5) is 4.39 Å². The van der Waals surface area contributed by atoms with E-state index in [2.05, 4.69) is 0 Å². The molecule has 1 aromatic rings. The summed E-state index contributed by atoms with van der Waals surface area (Å²) in [5, 5.41) is 9.90. The van der Waals surface area contributed by atoms with E-state index in [4.69, 9.17) is 9.47 Å². The molecule has 1 saturated carbocycles. The monoisotopic (exact) mass is 240 g/mol. The zero-order chi connectivity index (χ0) is 12.5. The molecule has 2 rings (SSSR count). The molecule has 0 bridgehead atoms. The maximum absolute atomic E-state index is 13.0. The highest BCUT2D eigenvalue weighted by Crippen LogP contribution is 2.41. The van der Waals surface area contributed by atoms with Crippen molar-refractivity contribution in [3.8, 4) is 11.5 Å². The molecule has 1 fully saturated rings. The first-order chi connectivity index (χ1) is 8.11. The van der Waals surface area contributed by atoms with Crippen LogP contribution in [0.25, 0.3) is 0 Å². The Hall–Kier alpha value is -1.29. The summed E-state index contributed by atoms with van der Waals surface area (Å²) < 4.78 is 23.3. The fourth-order valence-electron chi connectivity index (χ4n) is 1.93. The van der Waals surface area contributed by atoms with Crippen LogP contribution in [0.15, 0.2) is 12.1 Å². The van der Waals surface area contributed by atoms with Gasteiger partial charge in [0.05, 0.1) is 19.8 Å². The number of hydrogen-bond acceptors (Lipinski definition) is 3. The predicted molar refractivity (Wildman–Crippen MR) is 62.2 cm³/mol. The summed E-state index contributed by atoms with van der Waals surface area (Å²) in [7, 11) is 3.07. The van der Waals surface area contributed by atoms with E-state index < -0.39 is 12.3 Å². The molecule has 1 aromatic carbocycles. The lowest BCUT2D eigenvalue weighted by Crippen LogP contribution is -2.12. The summed E-state index contributed by atoms with van der Waals surface area (Å²) in [4.78, 5) is 0. The molecule has 0 spiro atoms. The fourth-order valence-corrected chi connectivity index (χ4v) is 1.93. The van der Waals surface area contributed by atoms with E-state index in [0.717, 1.165) is 18.4 Å². The average molecular weight is 240 g/mol.